The van der Waals surface area contributed by atoms with Crippen molar-refractivity contribution in [3.63, 3.8) is 0 Å². The monoisotopic (exact) mass is 323 g/mol. The lowest BCUT2D eigenvalue weighted by Crippen LogP contribution is -2.33. The molecule has 0 aliphatic rings. The van der Waals surface area contributed by atoms with Crippen LogP contribution in [0.15, 0.2) is 32.8 Å². The molecule has 3 rings (SSSR count). The first kappa shape index (κ1) is 13.5. The average molecular weight is 323 g/mol. The summed E-state index contributed by atoms with van der Waals surface area (Å²) in [6.07, 6.45) is 0. The van der Waals surface area contributed by atoms with Crippen LogP contribution in [0.5, 0.6) is 0 Å². The summed E-state index contributed by atoms with van der Waals surface area (Å²) in [5.41, 5.74) is -1.29. The minimum Gasteiger partial charge on any atom is -0.302 e. The Morgan fingerprint density at radius 3 is 2.67 bits per heavy atom. The summed E-state index contributed by atoms with van der Waals surface area (Å²) in [6, 6.07) is 3.59. The Balaban J connectivity index is 2.41. The minimum absolute atomic E-state index is 0.0313. The lowest BCUT2D eigenvalue weighted by molar-refractivity contribution is -0.383. The first-order chi connectivity index (χ1) is 9.99. The molecule has 1 aromatic carbocycles. The summed E-state index contributed by atoms with van der Waals surface area (Å²) in [6.45, 7) is 0. The summed E-state index contributed by atoms with van der Waals surface area (Å²) >= 11 is 4.66. The fourth-order valence-corrected chi connectivity index (χ4v) is 2.65. The molecule has 2 aromatic heterocycles. The molecule has 21 heavy (non-hydrogen) atoms. The van der Waals surface area contributed by atoms with Crippen molar-refractivity contribution in [2.45, 2.75) is 5.03 Å². The predicted molar refractivity (Wildman–Crippen MR) is 77.5 cm³/mol. The number of aromatic nitrogens is 4. The van der Waals surface area contributed by atoms with Crippen molar-refractivity contribution in [2.75, 3.05) is 0 Å². The SMILES string of the molecule is O=c1cc(S)[nH]c(=O)n1-c1ccc([N+](=O)[O-])c2nsnc12. The predicted octanol–water partition coefficient (Wildman–Crippen LogP) is 0.727. The second kappa shape index (κ2) is 4.79. The second-order valence-corrected chi connectivity index (χ2v) is 4.97. The minimum atomic E-state index is -0.712. The Labute approximate surface area is 124 Å². The van der Waals surface area contributed by atoms with Gasteiger partial charge in [-0.15, -0.1) is 12.6 Å². The number of benzene rings is 1. The zero-order chi connectivity index (χ0) is 15.1. The normalized spacial score (nSPS) is 10.9. The molecule has 3 aromatic rings. The molecule has 9 nitrogen and oxygen atoms in total. The Kier molecular flexibility index (Phi) is 3.07. The smallest absolute Gasteiger partial charge is 0.302 e. The van der Waals surface area contributed by atoms with Crippen molar-refractivity contribution in [3.8, 4) is 5.69 Å². The first-order valence-electron chi connectivity index (χ1n) is 5.44. The highest BCUT2D eigenvalue weighted by molar-refractivity contribution is 7.80. The van der Waals surface area contributed by atoms with E-state index in [0.717, 1.165) is 22.4 Å². The van der Waals surface area contributed by atoms with Crippen molar-refractivity contribution >= 4 is 41.1 Å². The standard InChI is InChI=1S/C10H5N5O4S2/c16-7-3-6(20)11-10(17)14(7)4-1-2-5(15(18)19)9-8(4)12-21-13-9/h1-3,20H,(H,11,17). The lowest BCUT2D eigenvalue weighted by atomic mass is 10.2. The van der Waals surface area contributed by atoms with Gasteiger partial charge in [0, 0.05) is 12.1 Å². The molecule has 0 bridgehead atoms. The van der Waals surface area contributed by atoms with Gasteiger partial charge in [0.05, 0.1) is 27.4 Å². The van der Waals surface area contributed by atoms with Crippen molar-refractivity contribution < 1.29 is 4.92 Å². The van der Waals surface area contributed by atoms with Crippen molar-refractivity contribution in [2.24, 2.45) is 0 Å². The molecule has 11 heteroatoms. The van der Waals surface area contributed by atoms with Crippen LogP contribution in [0, 0.1) is 10.1 Å². The van der Waals surface area contributed by atoms with Crippen molar-refractivity contribution in [1.82, 2.24) is 18.3 Å². The van der Waals surface area contributed by atoms with Gasteiger partial charge < -0.3 is 4.98 Å². The van der Waals surface area contributed by atoms with Gasteiger partial charge in [-0.05, 0) is 6.07 Å². The number of hydrogen-bond donors (Lipinski definition) is 2. The fraction of sp³-hybridized carbons (Fsp3) is 0. The third kappa shape index (κ3) is 2.11. The van der Waals surface area contributed by atoms with Gasteiger partial charge in [-0.1, -0.05) is 0 Å². The number of rotatable bonds is 2. The summed E-state index contributed by atoms with van der Waals surface area (Å²) in [7, 11) is 0. The highest BCUT2D eigenvalue weighted by Gasteiger charge is 2.20. The topological polar surface area (TPSA) is 124 Å². The summed E-state index contributed by atoms with van der Waals surface area (Å²) < 4.78 is 8.61. The van der Waals surface area contributed by atoms with Crippen LogP contribution in [0.1, 0.15) is 0 Å². The molecule has 0 aliphatic heterocycles. The van der Waals surface area contributed by atoms with E-state index < -0.39 is 16.2 Å². The number of non-ortho nitro benzene ring substituents is 1. The van der Waals surface area contributed by atoms with Crippen LogP contribution in [-0.4, -0.2) is 23.2 Å². The molecule has 0 saturated carbocycles. The van der Waals surface area contributed by atoms with E-state index in [1.807, 2.05) is 0 Å². The molecule has 0 amide bonds. The molecular formula is C10H5N5O4S2. The van der Waals surface area contributed by atoms with Gasteiger partial charge in [0.25, 0.3) is 11.2 Å². The van der Waals surface area contributed by atoms with E-state index in [2.05, 4.69) is 26.4 Å². The number of nitrogens with one attached hydrogen (secondary N) is 1. The maximum atomic E-state index is 12.0. The maximum absolute atomic E-state index is 12.0. The molecule has 0 aliphatic carbocycles. The molecule has 0 spiro atoms. The van der Waals surface area contributed by atoms with Gasteiger partial charge in [0.1, 0.15) is 5.52 Å². The summed E-state index contributed by atoms with van der Waals surface area (Å²) in [5, 5.41) is 11.1. The van der Waals surface area contributed by atoms with Crippen LogP contribution < -0.4 is 11.2 Å². The highest BCUT2D eigenvalue weighted by atomic mass is 32.1. The fourth-order valence-electron chi connectivity index (χ4n) is 1.88. The number of fused-ring (bicyclic) bond motifs is 1. The molecule has 1 N–H and O–H groups in total. The van der Waals surface area contributed by atoms with Gasteiger partial charge >= 0.3 is 5.69 Å². The highest BCUT2D eigenvalue weighted by Crippen LogP contribution is 2.27. The first-order valence-corrected chi connectivity index (χ1v) is 6.62. The van der Waals surface area contributed by atoms with Crippen molar-refractivity contribution in [1.29, 1.82) is 0 Å². The van der Waals surface area contributed by atoms with Gasteiger partial charge in [-0.2, -0.15) is 8.75 Å². The largest absolute Gasteiger partial charge is 0.333 e. The Bertz CT molecular complexity index is 958. The number of aromatic amines is 1. The third-order valence-corrected chi connectivity index (χ3v) is 3.50. The number of nitro groups is 1. The number of thiol groups is 1. The number of nitro benzene ring substituents is 1. The summed E-state index contributed by atoms with van der Waals surface area (Å²) in [4.78, 5) is 36.6. The number of hydrogen-bond acceptors (Lipinski definition) is 8. The number of nitrogens with zero attached hydrogens (tertiary/aromatic N) is 4. The van der Waals surface area contributed by atoms with Crippen LogP contribution >= 0.6 is 24.4 Å². The Hall–Kier alpha value is -2.53. The quantitative estimate of drug-likeness (QED) is 0.310. The Morgan fingerprint density at radius 1 is 1.29 bits per heavy atom. The molecule has 0 radical (unpaired) electrons. The van der Waals surface area contributed by atoms with E-state index in [4.69, 9.17) is 0 Å². The van der Waals surface area contributed by atoms with Crippen LogP contribution in [0.4, 0.5) is 5.69 Å². The third-order valence-electron chi connectivity index (χ3n) is 2.73. The molecule has 0 fully saturated rings. The van der Waals surface area contributed by atoms with E-state index in [-0.39, 0.29) is 27.4 Å². The van der Waals surface area contributed by atoms with Gasteiger partial charge in [0.15, 0.2) is 5.52 Å². The van der Waals surface area contributed by atoms with E-state index in [9.17, 15) is 19.7 Å². The van der Waals surface area contributed by atoms with Crippen LogP contribution in [-0.2, 0) is 0 Å². The number of H-pyrrole nitrogens is 1. The van der Waals surface area contributed by atoms with E-state index >= 15 is 0 Å². The lowest BCUT2D eigenvalue weighted by Gasteiger charge is -2.05. The molecule has 0 unspecified atom stereocenters. The van der Waals surface area contributed by atoms with E-state index in [1.54, 1.807) is 0 Å². The van der Waals surface area contributed by atoms with Crippen molar-refractivity contribution in [3.05, 3.63) is 49.2 Å². The van der Waals surface area contributed by atoms with Gasteiger partial charge in [-0.25, -0.2) is 9.36 Å². The van der Waals surface area contributed by atoms with Crippen LogP contribution in [0.25, 0.3) is 16.7 Å². The Morgan fingerprint density at radius 2 is 2.00 bits per heavy atom. The molecule has 2 heterocycles. The zero-order valence-corrected chi connectivity index (χ0v) is 11.7. The summed E-state index contributed by atoms with van der Waals surface area (Å²) in [5.74, 6) is 0. The van der Waals surface area contributed by atoms with E-state index in [1.165, 1.54) is 12.1 Å². The van der Waals surface area contributed by atoms with E-state index in [0.29, 0.717) is 0 Å². The second-order valence-electron chi connectivity index (χ2n) is 3.96. The zero-order valence-electron chi connectivity index (χ0n) is 10.0. The van der Waals surface area contributed by atoms with Gasteiger partial charge in [0.2, 0.25) is 0 Å². The van der Waals surface area contributed by atoms with Crippen LogP contribution in [0.3, 0.4) is 0 Å². The molecule has 106 valence electrons. The molecular weight excluding hydrogens is 318 g/mol. The molecule has 0 atom stereocenters. The maximum Gasteiger partial charge on any atom is 0.333 e. The van der Waals surface area contributed by atoms with Crippen LogP contribution in [0.2, 0.25) is 0 Å². The van der Waals surface area contributed by atoms with Gasteiger partial charge in [-0.3, -0.25) is 14.9 Å². The molecule has 0 saturated heterocycles. The average Bonchev–Trinajstić information content (AvgIpc) is 2.86.